The summed E-state index contributed by atoms with van der Waals surface area (Å²) in [4.78, 5) is 11.8. The summed E-state index contributed by atoms with van der Waals surface area (Å²) in [5.74, 6) is 0.723. The first-order valence-corrected chi connectivity index (χ1v) is 13.0. The van der Waals surface area contributed by atoms with E-state index in [0.29, 0.717) is 0 Å². The summed E-state index contributed by atoms with van der Waals surface area (Å²) in [6.45, 7) is 4.35. The summed E-state index contributed by atoms with van der Waals surface area (Å²) < 4.78 is 5.94. The minimum Gasteiger partial charge on any atom is -1.00 e. The zero-order valence-corrected chi connectivity index (χ0v) is 22.7. The molecule has 140 valence electrons. The summed E-state index contributed by atoms with van der Waals surface area (Å²) in [5.41, 5.74) is -0.650. The molecule has 1 N–H and O–H groups in total. The molecule has 2 aromatic rings. The van der Waals surface area contributed by atoms with Gasteiger partial charge in [0.15, 0.2) is 0 Å². The van der Waals surface area contributed by atoms with Crippen LogP contribution >= 0.6 is 17.1 Å². The van der Waals surface area contributed by atoms with Gasteiger partial charge in [0, 0.05) is 4.90 Å². The molecule has 1 atom stereocenters. The van der Waals surface area contributed by atoms with E-state index in [1.165, 1.54) is 16.9 Å². The maximum absolute atomic E-state index is 10.8. The van der Waals surface area contributed by atoms with Crippen LogP contribution in [0.15, 0.2) is 53.4 Å². The van der Waals surface area contributed by atoms with Gasteiger partial charge in [0.2, 0.25) is 0 Å². The van der Waals surface area contributed by atoms with Crippen molar-refractivity contribution in [1.82, 2.24) is 0 Å². The smallest absolute Gasteiger partial charge is 1.00 e. The second kappa shape index (κ2) is 13.1. The molecule has 0 aliphatic rings. The van der Waals surface area contributed by atoms with Crippen LogP contribution in [-0.2, 0) is 24.6 Å². The molecule has 0 saturated heterocycles. The Bertz CT molecular complexity index is 677. The molecule has 0 bridgehead atoms. The van der Waals surface area contributed by atoms with Crippen molar-refractivity contribution in [3.63, 3.8) is 0 Å². The molecule has 2 rings (SSSR count). The van der Waals surface area contributed by atoms with Gasteiger partial charge >= 0.3 is 48.9 Å². The second-order valence-corrected chi connectivity index (χ2v) is 12.0. The molecule has 1 unspecified atom stereocenters. The predicted octanol–water partition coefficient (Wildman–Crippen LogP) is 6.60. The van der Waals surface area contributed by atoms with Gasteiger partial charge < -0.3 is 12.3 Å². The van der Waals surface area contributed by atoms with E-state index in [4.69, 9.17) is 16.3 Å². The monoisotopic (exact) mass is 534 g/mol. The van der Waals surface area contributed by atoms with Gasteiger partial charge in [-0.2, -0.15) is 0 Å². The molecule has 0 amide bonds. The zero-order valence-electron chi connectivity index (χ0n) is 17.7. The van der Waals surface area contributed by atoms with E-state index in [-0.39, 0.29) is 51.7 Å². The van der Waals surface area contributed by atoms with E-state index in [1.807, 2.05) is 36.4 Å². The summed E-state index contributed by atoms with van der Waals surface area (Å²) in [6.07, 6.45) is 6.45. The van der Waals surface area contributed by atoms with Gasteiger partial charge in [-0.05, 0) is 72.1 Å². The van der Waals surface area contributed by atoms with E-state index in [0.717, 1.165) is 54.7 Å². The molecular formula is C20H29BaO2PS2. The summed E-state index contributed by atoms with van der Waals surface area (Å²) in [5, 5.41) is 0. The van der Waals surface area contributed by atoms with Gasteiger partial charge in [-0.25, -0.2) is 0 Å². The molecule has 0 fully saturated rings. The van der Waals surface area contributed by atoms with Crippen LogP contribution in [0.1, 0.15) is 53.5 Å². The van der Waals surface area contributed by atoms with E-state index in [2.05, 4.69) is 26.0 Å². The number of rotatable bonds is 10. The Kier molecular flexibility index (Phi) is 12.5. The summed E-state index contributed by atoms with van der Waals surface area (Å²) in [7, 11) is 0. The molecule has 2 nitrogen and oxygen atoms in total. The normalized spacial score (nSPS) is 12.9. The Morgan fingerprint density at radius 1 is 0.962 bits per heavy atom. The first-order valence-electron chi connectivity index (χ1n) is 8.93. The number of hydrogen-bond acceptors (Lipinski definition) is 3. The van der Waals surface area contributed by atoms with Crippen molar-refractivity contribution in [2.45, 2.75) is 57.3 Å². The van der Waals surface area contributed by atoms with Gasteiger partial charge in [-0.3, -0.25) is 0 Å². The van der Waals surface area contributed by atoms with Crippen molar-refractivity contribution in [3.8, 4) is 5.75 Å². The van der Waals surface area contributed by atoms with E-state index >= 15 is 0 Å². The van der Waals surface area contributed by atoms with Gasteiger partial charge in [0.1, 0.15) is 5.75 Å². The first-order chi connectivity index (χ1) is 12.1. The maximum Gasteiger partial charge on any atom is 2.00 e. The number of benzene rings is 2. The molecule has 0 aromatic heterocycles. The quantitative estimate of drug-likeness (QED) is 0.275. The van der Waals surface area contributed by atoms with Crippen LogP contribution in [0.4, 0.5) is 0 Å². The Hall–Kier alpha value is 0.771. The average Bonchev–Trinajstić information content (AvgIpc) is 2.59. The minimum absolute atomic E-state index is 0. The Morgan fingerprint density at radius 3 is 2.15 bits per heavy atom. The van der Waals surface area contributed by atoms with E-state index in [9.17, 15) is 4.89 Å². The molecule has 26 heavy (non-hydrogen) atoms. The molecule has 0 saturated carbocycles. The number of hydrogen-bond donors (Lipinski definition) is 1. The molecule has 2 aromatic carbocycles. The van der Waals surface area contributed by atoms with Crippen molar-refractivity contribution in [2.75, 3.05) is 0 Å². The van der Waals surface area contributed by atoms with Crippen molar-refractivity contribution >= 4 is 77.8 Å². The molecule has 0 heterocycles. The third-order valence-electron chi connectivity index (χ3n) is 3.97. The minimum atomic E-state index is -3.00. The zero-order chi connectivity index (χ0) is 18.1. The second-order valence-electron chi connectivity index (χ2n) is 6.07. The molecule has 0 aliphatic carbocycles. The van der Waals surface area contributed by atoms with Crippen LogP contribution in [0.25, 0.3) is 0 Å². The van der Waals surface area contributed by atoms with Crippen molar-refractivity contribution < 1.29 is 12.3 Å². The van der Waals surface area contributed by atoms with Crippen molar-refractivity contribution in [2.24, 2.45) is 0 Å². The molecular weight excluding hydrogens is 505 g/mol. The van der Waals surface area contributed by atoms with Gasteiger partial charge in [0.25, 0.3) is 5.69 Å². The van der Waals surface area contributed by atoms with Crippen LogP contribution in [0, 0.1) is 0 Å². The number of unbranched alkanes of at least 4 members (excludes halogenated alkanes) is 2. The van der Waals surface area contributed by atoms with Crippen LogP contribution in [-0.4, -0.2) is 53.8 Å². The summed E-state index contributed by atoms with van der Waals surface area (Å²) in [6, 6.07) is 16.1. The number of aryl methyl sites for hydroxylation is 2. The van der Waals surface area contributed by atoms with Crippen molar-refractivity contribution in [1.29, 1.82) is 0 Å². The van der Waals surface area contributed by atoms with Gasteiger partial charge in [0.05, 0.1) is 0 Å². The molecule has 0 aliphatic heterocycles. The number of para-hydroxylation sites is 1. The predicted molar refractivity (Wildman–Crippen MR) is 121 cm³/mol. The fourth-order valence-corrected chi connectivity index (χ4v) is 6.34. The van der Waals surface area contributed by atoms with Crippen LogP contribution in [0.5, 0.6) is 5.75 Å². The van der Waals surface area contributed by atoms with Crippen LogP contribution in [0.3, 0.4) is 0 Å². The molecule has 0 radical (unpaired) electrons. The Labute approximate surface area is 210 Å². The maximum atomic E-state index is 10.8. The largest absolute Gasteiger partial charge is 2.00 e. The van der Waals surface area contributed by atoms with E-state index in [1.54, 1.807) is 0 Å². The SMILES string of the molecule is CCCCc1ccccc1OP(O)(=S)Sc1ccccc1CCCC.[Ba+2].[H-].[H-]. The van der Waals surface area contributed by atoms with Gasteiger partial charge in [-0.1, -0.05) is 63.1 Å². The van der Waals surface area contributed by atoms with Gasteiger partial charge in [-0.15, -0.1) is 0 Å². The van der Waals surface area contributed by atoms with Crippen molar-refractivity contribution in [3.05, 3.63) is 59.7 Å². The standard InChI is InChI=1S/C20H27O2PS2.Ba.2H/c1-3-5-11-17-13-7-9-15-19(17)22-23(21,24)25-20-16-10-8-14-18(20)12-6-4-2;;;/h7-10,13-16H,3-6,11-12H2,1-2H3,(H,21,24);;;/q;+2;2*-1. The fraction of sp³-hybridized carbons (Fsp3) is 0.400. The average molecular weight is 534 g/mol. The Morgan fingerprint density at radius 2 is 1.50 bits per heavy atom. The summed E-state index contributed by atoms with van der Waals surface area (Å²) >= 11 is 6.77. The fourth-order valence-electron chi connectivity index (χ4n) is 2.60. The third-order valence-corrected chi connectivity index (χ3v) is 7.63. The molecule has 0 spiro atoms. The molecule has 6 heteroatoms. The van der Waals surface area contributed by atoms with Crippen LogP contribution < -0.4 is 4.52 Å². The third kappa shape index (κ3) is 8.42. The Balaban J connectivity index is 0. The van der Waals surface area contributed by atoms with E-state index < -0.39 is 5.69 Å². The topological polar surface area (TPSA) is 29.5 Å². The first kappa shape index (κ1) is 24.8. The van der Waals surface area contributed by atoms with Crippen LogP contribution in [0.2, 0.25) is 0 Å².